The lowest BCUT2D eigenvalue weighted by atomic mass is 9.97. The third-order valence-electron chi connectivity index (χ3n) is 8.69. The van der Waals surface area contributed by atoms with Crippen LogP contribution in [0.1, 0.15) is 49.5 Å². The quantitative estimate of drug-likeness (QED) is 0.287. The van der Waals surface area contributed by atoms with Crippen molar-refractivity contribution in [3.8, 4) is 0 Å². The topological polar surface area (TPSA) is 199 Å². The van der Waals surface area contributed by atoms with E-state index in [2.05, 4.69) is 20.6 Å². The highest BCUT2D eigenvalue weighted by Crippen LogP contribution is 2.25. The number of carbonyl (C=O) groups excluding carboxylic acids is 4. The number of pyridine rings is 1. The molecule has 0 unspecified atom stereocenters. The van der Waals surface area contributed by atoms with Crippen molar-refractivity contribution in [1.82, 2.24) is 20.2 Å². The number of allylic oxidation sites excluding steroid dienone is 2. The summed E-state index contributed by atoms with van der Waals surface area (Å²) in [6, 6.07) is 7.18. The third-order valence-corrected chi connectivity index (χ3v) is 8.69. The molecule has 2 aliphatic rings. The number of hydrogen-bond acceptors (Lipinski definition) is 11. The molecular weight excluding hydrogens is 675 g/mol. The lowest BCUT2D eigenvalue weighted by Gasteiger charge is -2.30. The van der Waals surface area contributed by atoms with Gasteiger partial charge >= 0.3 is 12.1 Å². The van der Waals surface area contributed by atoms with Crippen LogP contribution in [0, 0.1) is 5.92 Å². The van der Waals surface area contributed by atoms with E-state index < -0.39 is 60.3 Å². The van der Waals surface area contributed by atoms with Gasteiger partial charge in [-0.3, -0.25) is 14.9 Å². The first kappa shape index (κ1) is 37.8. The van der Waals surface area contributed by atoms with Crippen molar-refractivity contribution in [2.24, 2.45) is 11.7 Å². The average molecular weight is 719 g/mol. The van der Waals surface area contributed by atoms with Gasteiger partial charge in [-0.1, -0.05) is 61.1 Å². The molecule has 276 valence electrons. The Labute approximate surface area is 299 Å². The number of esters is 1. The van der Waals surface area contributed by atoms with E-state index in [9.17, 15) is 28.7 Å². The predicted molar refractivity (Wildman–Crippen MR) is 189 cm³/mol. The van der Waals surface area contributed by atoms with E-state index in [-0.39, 0.29) is 49.9 Å². The van der Waals surface area contributed by atoms with Crippen LogP contribution in [0.15, 0.2) is 83.2 Å². The van der Waals surface area contributed by atoms with E-state index >= 15 is 0 Å². The number of cyclic esters (lactones) is 1. The Morgan fingerprint density at radius 2 is 2.02 bits per heavy atom. The molecule has 4 heterocycles. The molecular formula is C37H43FN6O8. The number of amides is 3. The number of nitrogens with zero attached hydrogens (tertiary/aromatic N) is 3. The molecule has 1 fully saturated rings. The number of hydrogen-bond donors (Lipinski definition) is 4. The fourth-order valence-electron chi connectivity index (χ4n) is 6.04. The second-order valence-corrected chi connectivity index (χ2v) is 12.9. The van der Waals surface area contributed by atoms with Crippen molar-refractivity contribution in [3.05, 3.63) is 90.3 Å². The first-order valence-corrected chi connectivity index (χ1v) is 17.1. The number of aliphatic hydroxyl groups is 1. The number of fused-ring (bicyclic) bond motifs is 4. The molecule has 6 atom stereocenters. The van der Waals surface area contributed by atoms with E-state index in [4.69, 9.17) is 19.6 Å². The summed E-state index contributed by atoms with van der Waals surface area (Å²) in [4.78, 5) is 62.1. The molecule has 15 heteroatoms. The number of ether oxygens (including phenoxy) is 2. The van der Waals surface area contributed by atoms with Crippen molar-refractivity contribution in [1.29, 1.82) is 0 Å². The van der Waals surface area contributed by atoms with E-state index in [0.29, 0.717) is 18.4 Å². The molecule has 0 aliphatic carbocycles. The van der Waals surface area contributed by atoms with Crippen molar-refractivity contribution in [2.75, 3.05) is 25.0 Å². The average Bonchev–Trinajstić information content (AvgIpc) is 3.80. The van der Waals surface area contributed by atoms with Gasteiger partial charge in [0, 0.05) is 37.0 Å². The molecule has 0 radical (unpaired) electrons. The number of aromatic nitrogens is 2. The molecule has 3 aromatic rings. The molecule has 0 saturated carbocycles. The van der Waals surface area contributed by atoms with Gasteiger partial charge in [0.25, 0.3) is 5.91 Å². The second-order valence-electron chi connectivity index (χ2n) is 12.9. The normalized spacial score (nSPS) is 26.6. The van der Waals surface area contributed by atoms with Gasteiger partial charge in [0.05, 0.1) is 18.6 Å². The molecule has 1 saturated heterocycles. The van der Waals surface area contributed by atoms with Gasteiger partial charge in [0.2, 0.25) is 5.91 Å². The van der Waals surface area contributed by atoms with Crippen molar-refractivity contribution in [3.63, 3.8) is 0 Å². The lowest BCUT2D eigenvalue weighted by molar-refractivity contribution is -0.157. The number of alkyl halides is 1. The summed E-state index contributed by atoms with van der Waals surface area (Å²) in [5.41, 5.74) is 7.03. The Morgan fingerprint density at radius 3 is 2.83 bits per heavy atom. The molecule has 14 nitrogen and oxygen atoms in total. The number of anilines is 1. The highest BCUT2D eigenvalue weighted by molar-refractivity contribution is 5.95. The molecule has 3 amide bonds. The number of benzene rings is 1. The number of carbonyl (C=O) groups is 4. The van der Waals surface area contributed by atoms with Crippen LogP contribution in [-0.2, 0) is 25.5 Å². The monoisotopic (exact) mass is 718 g/mol. The lowest BCUT2D eigenvalue weighted by Crippen LogP contribution is -2.49. The Morgan fingerprint density at radius 1 is 1.23 bits per heavy atom. The van der Waals surface area contributed by atoms with Crippen LogP contribution in [0.5, 0.6) is 0 Å². The minimum atomic E-state index is -1.51. The van der Waals surface area contributed by atoms with E-state index in [1.165, 1.54) is 23.1 Å². The van der Waals surface area contributed by atoms with Crippen LogP contribution in [-0.4, -0.2) is 94.0 Å². The molecule has 2 bridgehead atoms. The van der Waals surface area contributed by atoms with E-state index in [1.54, 1.807) is 38.3 Å². The van der Waals surface area contributed by atoms with E-state index in [1.807, 2.05) is 24.3 Å². The van der Waals surface area contributed by atoms with Gasteiger partial charge < -0.3 is 34.9 Å². The maximum atomic E-state index is 14.8. The minimum Gasteiger partial charge on any atom is -0.458 e. The highest BCUT2D eigenvalue weighted by atomic mass is 19.1. The Kier molecular flexibility index (Phi) is 12.9. The molecule has 1 aromatic carbocycles. The molecule has 5 rings (SSSR count). The third kappa shape index (κ3) is 10.3. The highest BCUT2D eigenvalue weighted by Gasteiger charge is 2.39. The maximum Gasteiger partial charge on any atom is 0.412 e. The zero-order valence-electron chi connectivity index (χ0n) is 28.9. The van der Waals surface area contributed by atoms with Gasteiger partial charge in [-0.2, -0.15) is 0 Å². The Balaban J connectivity index is 1.32. The van der Waals surface area contributed by atoms with Gasteiger partial charge in [0.15, 0.2) is 11.6 Å². The molecule has 0 spiro atoms. The summed E-state index contributed by atoms with van der Waals surface area (Å²) >= 11 is 0. The Hall–Kier alpha value is -5.41. The van der Waals surface area contributed by atoms with Crippen LogP contribution in [0.25, 0.3) is 10.8 Å². The molecule has 2 aromatic heterocycles. The first-order chi connectivity index (χ1) is 25.0. The maximum absolute atomic E-state index is 14.8. The largest absolute Gasteiger partial charge is 0.458 e. The number of nitrogens with one attached hydrogen (secondary N) is 2. The van der Waals surface area contributed by atoms with Crippen molar-refractivity contribution >= 4 is 40.5 Å². The standard InChI is InChI=1S/C37H43FN6O8/c1-22-7-5-13-40-32(46)12-11-23(2)34(28(39)20-51-37(49)43-31-16-24-8-3-4-9-25(24)19-41-31)52-36(48)30-10-6-14-44(30)35(47)29-21-50-33(42-29)18-26(38)17-27(45)15-22/h3-5,7-9,11-12,15-16,19,21,23,26-28,30,34,45H,6,10,13-14,17-18,20,39H2,1-2H3,(H,40,46)(H,41,43,49)/b7-5+,12-11+,22-15+/t23-,26-,27-,28-,30-,34+/m1/s1. The van der Waals surface area contributed by atoms with Crippen LogP contribution >= 0.6 is 0 Å². The number of nitrogens with two attached hydrogens (primary N) is 1. The zero-order valence-corrected chi connectivity index (χ0v) is 28.9. The predicted octanol–water partition coefficient (Wildman–Crippen LogP) is 3.77. The van der Waals surface area contributed by atoms with Crippen LogP contribution in [0.3, 0.4) is 0 Å². The summed E-state index contributed by atoms with van der Waals surface area (Å²) in [5.74, 6) is -2.17. The van der Waals surface area contributed by atoms with Crippen LogP contribution in [0.2, 0.25) is 0 Å². The molecule has 52 heavy (non-hydrogen) atoms. The Bertz CT molecular complexity index is 1840. The first-order valence-electron chi connectivity index (χ1n) is 17.1. The number of oxazole rings is 1. The van der Waals surface area contributed by atoms with Gasteiger partial charge in [-0.25, -0.2) is 23.9 Å². The summed E-state index contributed by atoms with van der Waals surface area (Å²) < 4.78 is 31.5. The van der Waals surface area contributed by atoms with Gasteiger partial charge in [-0.05, 0) is 37.3 Å². The number of halogens is 1. The molecule has 2 aliphatic heterocycles. The zero-order chi connectivity index (χ0) is 37.2. The van der Waals surface area contributed by atoms with Gasteiger partial charge in [0.1, 0.15) is 37.0 Å². The summed E-state index contributed by atoms with van der Waals surface area (Å²) in [6.07, 6.45) is 6.17. The summed E-state index contributed by atoms with van der Waals surface area (Å²) in [7, 11) is 0. The van der Waals surface area contributed by atoms with Gasteiger partial charge in [-0.15, -0.1) is 0 Å². The second kappa shape index (κ2) is 17.7. The fourth-order valence-corrected chi connectivity index (χ4v) is 6.04. The summed E-state index contributed by atoms with van der Waals surface area (Å²) in [6.45, 7) is 3.45. The molecule has 5 N–H and O–H groups in total. The van der Waals surface area contributed by atoms with E-state index in [0.717, 1.165) is 17.0 Å². The summed E-state index contributed by atoms with van der Waals surface area (Å²) in [5, 5.41) is 17.4. The minimum absolute atomic E-state index is 0.0248. The van der Waals surface area contributed by atoms with Crippen molar-refractivity contribution < 1.29 is 42.6 Å². The smallest absolute Gasteiger partial charge is 0.412 e. The van der Waals surface area contributed by atoms with Crippen LogP contribution < -0.4 is 16.4 Å². The van der Waals surface area contributed by atoms with Crippen LogP contribution in [0.4, 0.5) is 15.0 Å². The van der Waals surface area contributed by atoms with Crippen molar-refractivity contribution in [2.45, 2.75) is 70.0 Å². The fraction of sp³-hybridized carbons (Fsp3) is 0.405. The number of rotatable bonds is 4. The number of aliphatic hydroxyl groups excluding tert-OH is 1. The SMILES string of the molecule is CC1=C\[C@@H](O)C[C@@H](F)Cc2nc(co2)C(=O)N2CCC[C@@H]2C(=O)O[C@H]([C@H](N)COC(=O)Nc2cc3ccccc3cn2)[C@H](C)/C=C/C(=O)NC\C=C\1.